The normalized spacial score (nSPS) is 26.6. The van der Waals surface area contributed by atoms with E-state index in [1.54, 1.807) is 0 Å². The molecule has 2 atom stereocenters. The van der Waals surface area contributed by atoms with Gasteiger partial charge in [0.15, 0.2) is 0 Å². The first-order chi connectivity index (χ1) is 10.3. The zero-order valence-corrected chi connectivity index (χ0v) is 11.8. The van der Waals surface area contributed by atoms with Crippen LogP contribution in [0.4, 0.5) is 0 Å². The van der Waals surface area contributed by atoms with Crippen LogP contribution in [0.15, 0.2) is 30.5 Å². The molecule has 1 amide bonds. The first kappa shape index (κ1) is 12.9. The molecule has 5 heteroatoms. The van der Waals surface area contributed by atoms with Crippen molar-refractivity contribution < 1.29 is 9.53 Å². The van der Waals surface area contributed by atoms with Gasteiger partial charge < -0.3 is 15.0 Å². The number of hydrogen-bond donors (Lipinski definition) is 2. The molecule has 1 aromatic carbocycles. The highest BCUT2D eigenvalue weighted by atomic mass is 16.5. The van der Waals surface area contributed by atoms with Gasteiger partial charge in [0.2, 0.25) is 5.91 Å². The first-order valence-electron chi connectivity index (χ1n) is 7.47. The monoisotopic (exact) mass is 285 g/mol. The SMILES string of the molecule is O=C1CO[C@@H]2CCN(Cc3ccc4cc[nH]c4c3)C[C@@H]2N1. The standard InChI is InChI=1S/C16H19N3O2/c20-16-10-21-15-4-6-19(9-14(15)18-16)8-11-1-2-12-3-5-17-13(12)7-11/h1-3,5,7,14-15,17H,4,6,8-10H2,(H,18,20)/t14-,15+/m0/s1. The van der Waals surface area contributed by atoms with Gasteiger partial charge in [-0.15, -0.1) is 0 Å². The number of benzene rings is 1. The molecule has 3 heterocycles. The van der Waals surface area contributed by atoms with Crippen molar-refractivity contribution in [3.8, 4) is 0 Å². The number of amides is 1. The Hall–Kier alpha value is -1.85. The van der Waals surface area contributed by atoms with Crippen molar-refractivity contribution in [2.75, 3.05) is 19.7 Å². The number of aromatic nitrogens is 1. The van der Waals surface area contributed by atoms with Gasteiger partial charge in [-0.1, -0.05) is 12.1 Å². The largest absolute Gasteiger partial charge is 0.366 e. The Morgan fingerprint density at radius 2 is 2.29 bits per heavy atom. The fourth-order valence-corrected chi connectivity index (χ4v) is 3.36. The summed E-state index contributed by atoms with van der Waals surface area (Å²) in [7, 11) is 0. The molecule has 2 fully saturated rings. The van der Waals surface area contributed by atoms with Crippen LogP contribution < -0.4 is 5.32 Å². The van der Waals surface area contributed by atoms with Crippen LogP contribution in [0.2, 0.25) is 0 Å². The summed E-state index contributed by atoms with van der Waals surface area (Å²) in [6, 6.07) is 8.75. The minimum Gasteiger partial charge on any atom is -0.366 e. The Morgan fingerprint density at radius 3 is 3.24 bits per heavy atom. The molecular formula is C16H19N3O2. The van der Waals surface area contributed by atoms with Gasteiger partial charge in [-0.2, -0.15) is 0 Å². The molecule has 0 saturated carbocycles. The average Bonchev–Trinajstić information content (AvgIpc) is 2.94. The Kier molecular flexibility index (Phi) is 3.16. The molecular weight excluding hydrogens is 266 g/mol. The third-order valence-corrected chi connectivity index (χ3v) is 4.43. The molecule has 21 heavy (non-hydrogen) atoms. The van der Waals surface area contributed by atoms with Crippen molar-refractivity contribution >= 4 is 16.8 Å². The number of H-pyrrole nitrogens is 1. The second-order valence-corrected chi connectivity index (χ2v) is 5.95. The van der Waals surface area contributed by atoms with Gasteiger partial charge in [0.25, 0.3) is 0 Å². The number of carbonyl (C=O) groups excluding carboxylic acids is 1. The van der Waals surface area contributed by atoms with Crippen LogP contribution in [0.1, 0.15) is 12.0 Å². The summed E-state index contributed by atoms with van der Waals surface area (Å²) in [5.74, 6) is 0.00547. The summed E-state index contributed by atoms with van der Waals surface area (Å²) in [5, 5.41) is 4.29. The maximum Gasteiger partial charge on any atom is 0.246 e. The quantitative estimate of drug-likeness (QED) is 0.873. The van der Waals surface area contributed by atoms with Crippen molar-refractivity contribution in [2.45, 2.75) is 25.1 Å². The summed E-state index contributed by atoms with van der Waals surface area (Å²) >= 11 is 0. The van der Waals surface area contributed by atoms with Gasteiger partial charge in [0.1, 0.15) is 6.61 Å². The van der Waals surface area contributed by atoms with E-state index in [1.807, 2.05) is 6.20 Å². The average molecular weight is 285 g/mol. The molecule has 2 aromatic rings. The van der Waals surface area contributed by atoms with E-state index in [0.29, 0.717) is 0 Å². The summed E-state index contributed by atoms with van der Waals surface area (Å²) in [6.07, 6.45) is 3.13. The lowest BCUT2D eigenvalue weighted by Crippen LogP contribution is -2.60. The van der Waals surface area contributed by atoms with Crippen molar-refractivity contribution in [1.29, 1.82) is 0 Å². The van der Waals surface area contributed by atoms with Crippen molar-refractivity contribution in [3.05, 3.63) is 36.0 Å². The van der Waals surface area contributed by atoms with Gasteiger partial charge >= 0.3 is 0 Å². The number of ether oxygens (including phenoxy) is 1. The maximum absolute atomic E-state index is 11.4. The number of likely N-dealkylation sites (tertiary alicyclic amines) is 1. The van der Waals surface area contributed by atoms with Gasteiger partial charge in [0.05, 0.1) is 12.1 Å². The van der Waals surface area contributed by atoms with Crippen molar-refractivity contribution in [3.63, 3.8) is 0 Å². The van der Waals surface area contributed by atoms with E-state index >= 15 is 0 Å². The molecule has 0 radical (unpaired) electrons. The summed E-state index contributed by atoms with van der Waals surface area (Å²) in [6.45, 7) is 3.00. The molecule has 2 N–H and O–H groups in total. The van der Waals surface area contributed by atoms with Crippen LogP contribution in [0.5, 0.6) is 0 Å². The van der Waals surface area contributed by atoms with E-state index in [1.165, 1.54) is 16.5 Å². The van der Waals surface area contributed by atoms with E-state index in [4.69, 9.17) is 4.74 Å². The molecule has 5 nitrogen and oxygen atoms in total. The predicted octanol–water partition coefficient (Wildman–Crippen LogP) is 1.26. The highest BCUT2D eigenvalue weighted by Crippen LogP contribution is 2.21. The van der Waals surface area contributed by atoms with Gasteiger partial charge in [-0.05, 0) is 29.5 Å². The summed E-state index contributed by atoms with van der Waals surface area (Å²) in [5.41, 5.74) is 2.48. The van der Waals surface area contributed by atoms with Crippen LogP contribution in [-0.2, 0) is 16.1 Å². The third kappa shape index (κ3) is 2.54. The first-order valence-corrected chi connectivity index (χ1v) is 7.47. The topological polar surface area (TPSA) is 57.4 Å². The number of morpholine rings is 1. The summed E-state index contributed by atoms with van der Waals surface area (Å²) in [4.78, 5) is 17.1. The van der Waals surface area contributed by atoms with E-state index in [2.05, 4.69) is 39.5 Å². The number of piperidine rings is 1. The Labute approximate surface area is 123 Å². The Morgan fingerprint density at radius 1 is 1.33 bits per heavy atom. The lowest BCUT2D eigenvalue weighted by atomic mass is 10.00. The Balaban J connectivity index is 1.45. The number of carbonyl (C=O) groups is 1. The lowest BCUT2D eigenvalue weighted by Gasteiger charge is -2.41. The molecule has 0 aliphatic carbocycles. The molecule has 2 aliphatic heterocycles. The molecule has 110 valence electrons. The molecule has 2 aliphatic rings. The molecule has 0 spiro atoms. The van der Waals surface area contributed by atoms with Crippen LogP contribution in [0.3, 0.4) is 0 Å². The molecule has 0 unspecified atom stereocenters. The lowest BCUT2D eigenvalue weighted by molar-refractivity contribution is -0.140. The number of fused-ring (bicyclic) bond motifs is 2. The van der Waals surface area contributed by atoms with Crippen molar-refractivity contribution in [1.82, 2.24) is 15.2 Å². The van der Waals surface area contributed by atoms with E-state index in [-0.39, 0.29) is 24.7 Å². The number of aromatic amines is 1. The zero-order chi connectivity index (χ0) is 14.2. The minimum absolute atomic E-state index is 0.00547. The van der Waals surface area contributed by atoms with Gasteiger partial charge in [0, 0.05) is 31.3 Å². The van der Waals surface area contributed by atoms with Crippen LogP contribution in [0.25, 0.3) is 10.9 Å². The zero-order valence-electron chi connectivity index (χ0n) is 11.8. The van der Waals surface area contributed by atoms with E-state index in [9.17, 15) is 4.79 Å². The van der Waals surface area contributed by atoms with Crippen LogP contribution >= 0.6 is 0 Å². The number of nitrogens with one attached hydrogen (secondary N) is 2. The molecule has 2 saturated heterocycles. The molecule has 1 aromatic heterocycles. The number of nitrogens with zero attached hydrogens (tertiary/aromatic N) is 1. The predicted molar refractivity (Wildman–Crippen MR) is 79.9 cm³/mol. The van der Waals surface area contributed by atoms with Crippen LogP contribution in [-0.4, -0.2) is 47.6 Å². The molecule has 4 rings (SSSR count). The smallest absolute Gasteiger partial charge is 0.246 e. The maximum atomic E-state index is 11.4. The van der Waals surface area contributed by atoms with E-state index < -0.39 is 0 Å². The van der Waals surface area contributed by atoms with E-state index in [0.717, 1.165) is 26.1 Å². The summed E-state index contributed by atoms with van der Waals surface area (Å²) < 4.78 is 5.60. The number of rotatable bonds is 2. The van der Waals surface area contributed by atoms with Crippen molar-refractivity contribution in [2.24, 2.45) is 0 Å². The van der Waals surface area contributed by atoms with Gasteiger partial charge in [-0.25, -0.2) is 0 Å². The van der Waals surface area contributed by atoms with Gasteiger partial charge in [-0.3, -0.25) is 9.69 Å². The highest BCUT2D eigenvalue weighted by Gasteiger charge is 2.34. The Bertz CT molecular complexity index is 666. The minimum atomic E-state index is 0.00547. The molecule has 0 bridgehead atoms. The fraction of sp³-hybridized carbons (Fsp3) is 0.438. The highest BCUT2D eigenvalue weighted by molar-refractivity contribution is 5.80. The second kappa shape index (κ2) is 5.16. The number of hydrogen-bond acceptors (Lipinski definition) is 3. The van der Waals surface area contributed by atoms with Crippen LogP contribution in [0, 0.1) is 0 Å². The third-order valence-electron chi connectivity index (χ3n) is 4.43. The fourth-order valence-electron chi connectivity index (χ4n) is 3.36. The second-order valence-electron chi connectivity index (χ2n) is 5.95.